The second-order valence-corrected chi connectivity index (χ2v) is 7.18. The molecule has 0 unspecified atom stereocenters. The van der Waals surface area contributed by atoms with Crippen LogP contribution in [0.4, 0.5) is 0 Å². The Balaban J connectivity index is 1.44. The monoisotopic (exact) mass is 384 g/mol. The Morgan fingerprint density at radius 1 is 0.333 bits per heavy atom. The van der Waals surface area contributed by atoms with E-state index in [2.05, 4.69) is 97.1 Å². The molecule has 0 spiro atoms. The highest BCUT2D eigenvalue weighted by atomic mass is 14.8. The summed E-state index contributed by atoms with van der Waals surface area (Å²) in [5, 5.41) is 0. The van der Waals surface area contributed by atoms with Gasteiger partial charge in [-0.15, -0.1) is 0 Å². The van der Waals surface area contributed by atoms with E-state index in [9.17, 15) is 0 Å². The minimum atomic E-state index is 0.871. The Hall–Kier alpha value is -4.04. The van der Waals surface area contributed by atoms with Crippen molar-refractivity contribution >= 4 is 0 Å². The summed E-state index contributed by atoms with van der Waals surface area (Å²) in [5.74, 6) is 0. The van der Waals surface area contributed by atoms with Crippen LogP contribution in [0.1, 0.15) is 0 Å². The highest BCUT2D eigenvalue weighted by molar-refractivity contribution is 5.73. The first-order valence-corrected chi connectivity index (χ1v) is 10.0. The normalized spacial score (nSPS) is 10.7. The van der Waals surface area contributed by atoms with E-state index in [4.69, 9.17) is 9.97 Å². The average Bonchev–Trinajstić information content (AvgIpc) is 2.85. The van der Waals surface area contributed by atoms with E-state index < -0.39 is 0 Å². The molecule has 0 radical (unpaired) electrons. The predicted octanol–water partition coefficient (Wildman–Crippen LogP) is 7.14. The Labute approximate surface area is 176 Å². The fourth-order valence-electron chi connectivity index (χ4n) is 3.60. The van der Waals surface area contributed by atoms with Crippen molar-refractivity contribution in [2.24, 2.45) is 0 Å². The molecule has 0 fully saturated rings. The summed E-state index contributed by atoms with van der Waals surface area (Å²) in [4.78, 5) is 9.40. The summed E-state index contributed by atoms with van der Waals surface area (Å²) < 4.78 is 0. The van der Waals surface area contributed by atoms with Gasteiger partial charge < -0.3 is 0 Å². The summed E-state index contributed by atoms with van der Waals surface area (Å²) in [5.41, 5.74) is 8.61. The SMILES string of the molecule is c1ccc(-c2cccc(-c3cnc(-c4cccc(-c5ccccc5)c4)cn3)c2)cc1. The molecule has 142 valence electrons. The molecule has 1 heterocycles. The van der Waals surface area contributed by atoms with E-state index in [0.717, 1.165) is 22.5 Å². The highest BCUT2D eigenvalue weighted by Gasteiger charge is 2.06. The van der Waals surface area contributed by atoms with Gasteiger partial charge in [0.15, 0.2) is 0 Å². The standard InChI is InChI=1S/C28H20N2/c1-3-9-21(10-4-1)23-13-7-15-25(17-23)27-19-30-28(20-29-27)26-16-8-14-24(18-26)22-11-5-2-6-12-22/h1-20H. The van der Waals surface area contributed by atoms with Crippen molar-refractivity contribution in [2.45, 2.75) is 0 Å². The highest BCUT2D eigenvalue weighted by Crippen LogP contribution is 2.27. The van der Waals surface area contributed by atoms with E-state index >= 15 is 0 Å². The molecule has 5 rings (SSSR count). The minimum Gasteiger partial charge on any atom is -0.252 e. The number of rotatable bonds is 4. The lowest BCUT2D eigenvalue weighted by atomic mass is 10.0. The molecule has 0 amide bonds. The van der Waals surface area contributed by atoms with Crippen molar-refractivity contribution in [1.29, 1.82) is 0 Å². The number of benzene rings is 4. The maximum Gasteiger partial charge on any atom is 0.0885 e. The molecule has 1 aromatic heterocycles. The molecule has 0 aliphatic rings. The topological polar surface area (TPSA) is 25.8 Å². The number of aromatic nitrogens is 2. The molecule has 0 saturated heterocycles. The molecular weight excluding hydrogens is 364 g/mol. The van der Waals surface area contributed by atoms with E-state index in [-0.39, 0.29) is 0 Å². The van der Waals surface area contributed by atoms with Gasteiger partial charge in [0.1, 0.15) is 0 Å². The van der Waals surface area contributed by atoms with Crippen molar-refractivity contribution in [3.8, 4) is 44.8 Å². The van der Waals surface area contributed by atoms with Gasteiger partial charge in [0, 0.05) is 11.1 Å². The van der Waals surface area contributed by atoms with Crippen LogP contribution in [-0.2, 0) is 0 Å². The summed E-state index contributed by atoms with van der Waals surface area (Å²) in [6, 6.07) is 37.6. The van der Waals surface area contributed by atoms with Gasteiger partial charge in [-0.2, -0.15) is 0 Å². The van der Waals surface area contributed by atoms with Gasteiger partial charge in [-0.25, -0.2) is 0 Å². The molecule has 5 aromatic rings. The lowest BCUT2D eigenvalue weighted by molar-refractivity contribution is 1.21. The van der Waals surface area contributed by atoms with Crippen LogP contribution in [-0.4, -0.2) is 9.97 Å². The summed E-state index contributed by atoms with van der Waals surface area (Å²) in [6.07, 6.45) is 3.71. The van der Waals surface area contributed by atoms with Crippen molar-refractivity contribution < 1.29 is 0 Å². The Bertz CT molecular complexity index is 1160. The molecule has 0 saturated carbocycles. The van der Waals surface area contributed by atoms with Crippen LogP contribution < -0.4 is 0 Å². The van der Waals surface area contributed by atoms with Crippen LogP contribution >= 0.6 is 0 Å². The molecule has 30 heavy (non-hydrogen) atoms. The maximum atomic E-state index is 4.70. The first-order chi connectivity index (χ1) is 14.9. The zero-order chi connectivity index (χ0) is 20.2. The van der Waals surface area contributed by atoms with Crippen molar-refractivity contribution in [3.63, 3.8) is 0 Å². The van der Waals surface area contributed by atoms with E-state index in [1.165, 1.54) is 22.3 Å². The van der Waals surface area contributed by atoms with Gasteiger partial charge in [-0.1, -0.05) is 97.1 Å². The molecular formula is C28H20N2. The smallest absolute Gasteiger partial charge is 0.0885 e. The molecule has 0 aliphatic carbocycles. The molecule has 0 atom stereocenters. The van der Waals surface area contributed by atoms with Crippen LogP contribution in [0, 0.1) is 0 Å². The first kappa shape index (κ1) is 18.0. The molecule has 2 nitrogen and oxygen atoms in total. The van der Waals surface area contributed by atoms with Crippen LogP contribution in [0.25, 0.3) is 44.8 Å². The summed E-state index contributed by atoms with van der Waals surface area (Å²) in [7, 11) is 0. The fourth-order valence-corrected chi connectivity index (χ4v) is 3.60. The minimum absolute atomic E-state index is 0.871. The maximum absolute atomic E-state index is 4.70. The van der Waals surface area contributed by atoms with Gasteiger partial charge in [-0.3, -0.25) is 9.97 Å². The van der Waals surface area contributed by atoms with Crippen LogP contribution in [0.2, 0.25) is 0 Å². The van der Waals surface area contributed by atoms with Crippen LogP contribution in [0.3, 0.4) is 0 Å². The zero-order valence-corrected chi connectivity index (χ0v) is 16.4. The van der Waals surface area contributed by atoms with Crippen molar-refractivity contribution in [1.82, 2.24) is 9.97 Å². The zero-order valence-electron chi connectivity index (χ0n) is 16.4. The van der Waals surface area contributed by atoms with E-state index in [1.54, 1.807) is 0 Å². The molecule has 0 aliphatic heterocycles. The second-order valence-electron chi connectivity index (χ2n) is 7.18. The average molecular weight is 384 g/mol. The van der Waals surface area contributed by atoms with E-state index in [1.807, 2.05) is 24.5 Å². The Kier molecular flexibility index (Phi) is 4.89. The third-order valence-electron chi connectivity index (χ3n) is 5.18. The predicted molar refractivity (Wildman–Crippen MR) is 124 cm³/mol. The Morgan fingerprint density at radius 2 is 0.700 bits per heavy atom. The number of hydrogen-bond donors (Lipinski definition) is 0. The molecule has 4 aromatic carbocycles. The molecule has 0 N–H and O–H groups in total. The number of nitrogens with zero attached hydrogens (tertiary/aromatic N) is 2. The van der Waals surface area contributed by atoms with Gasteiger partial charge in [0.25, 0.3) is 0 Å². The van der Waals surface area contributed by atoms with E-state index in [0.29, 0.717) is 0 Å². The van der Waals surface area contributed by atoms with Crippen LogP contribution in [0.5, 0.6) is 0 Å². The van der Waals surface area contributed by atoms with Gasteiger partial charge in [0.2, 0.25) is 0 Å². The third-order valence-corrected chi connectivity index (χ3v) is 5.18. The summed E-state index contributed by atoms with van der Waals surface area (Å²) >= 11 is 0. The largest absolute Gasteiger partial charge is 0.252 e. The summed E-state index contributed by atoms with van der Waals surface area (Å²) in [6.45, 7) is 0. The quantitative estimate of drug-likeness (QED) is 0.329. The first-order valence-electron chi connectivity index (χ1n) is 10.0. The lowest BCUT2D eigenvalue weighted by Crippen LogP contribution is -1.90. The second kappa shape index (κ2) is 8.14. The van der Waals surface area contributed by atoms with Gasteiger partial charge in [0.05, 0.1) is 23.8 Å². The third kappa shape index (κ3) is 3.76. The van der Waals surface area contributed by atoms with Gasteiger partial charge >= 0.3 is 0 Å². The van der Waals surface area contributed by atoms with Crippen molar-refractivity contribution in [2.75, 3.05) is 0 Å². The molecule has 2 heteroatoms. The lowest BCUT2D eigenvalue weighted by Gasteiger charge is -2.08. The van der Waals surface area contributed by atoms with Crippen molar-refractivity contribution in [3.05, 3.63) is 122 Å². The van der Waals surface area contributed by atoms with Gasteiger partial charge in [-0.05, 0) is 34.4 Å². The Morgan fingerprint density at radius 3 is 1.10 bits per heavy atom. The fraction of sp³-hybridized carbons (Fsp3) is 0. The molecule has 0 bridgehead atoms. The number of hydrogen-bond acceptors (Lipinski definition) is 2. The van der Waals surface area contributed by atoms with Crippen LogP contribution in [0.15, 0.2) is 122 Å².